The highest BCUT2D eigenvalue weighted by Gasteiger charge is 2.72. The molecule has 3 aliphatic carbocycles. The Morgan fingerprint density at radius 2 is 2.14 bits per heavy atom. The van der Waals surface area contributed by atoms with Crippen LogP contribution in [0, 0.1) is 5.92 Å². The molecule has 5 aliphatic rings. The third-order valence-corrected chi connectivity index (χ3v) is 7.95. The largest absolute Gasteiger partial charge is 0.504 e. The number of nitrogens with zero attached hydrogens (tertiary/aromatic N) is 1. The van der Waals surface area contributed by atoms with Crippen LogP contribution < -0.4 is 4.74 Å². The number of ether oxygens (including phenoxy) is 1. The molecule has 1 aromatic rings. The summed E-state index contributed by atoms with van der Waals surface area (Å²) in [5.74, 6) is 0.294. The number of phenols is 1. The lowest BCUT2D eigenvalue weighted by Crippen LogP contribution is -2.75. The predicted octanol–water partition coefficient (Wildman–Crippen LogP) is 1.97. The van der Waals surface area contributed by atoms with Crippen molar-refractivity contribution in [2.75, 3.05) is 13.1 Å². The molecule has 0 unspecified atom stereocenters. The van der Waals surface area contributed by atoms with E-state index in [1.54, 1.807) is 6.07 Å². The smallest absolute Gasteiger partial charge is 0.328 e. The molecule has 3 N–H and O–H groups in total. The molecule has 6 heteroatoms. The number of phenolic OH excluding ortho intramolecular Hbond substituents is 1. The van der Waals surface area contributed by atoms with Crippen LogP contribution in [-0.4, -0.2) is 57.0 Å². The molecule has 148 valence electrons. The summed E-state index contributed by atoms with van der Waals surface area (Å²) >= 11 is 0. The molecule has 1 aromatic carbocycles. The summed E-state index contributed by atoms with van der Waals surface area (Å²) in [5, 5.41) is 32.0. The molecule has 6 nitrogen and oxygen atoms in total. The summed E-state index contributed by atoms with van der Waals surface area (Å²) in [7, 11) is 0. The molecule has 2 aliphatic heterocycles. The zero-order chi connectivity index (χ0) is 19.3. The van der Waals surface area contributed by atoms with Gasteiger partial charge in [-0.2, -0.15) is 0 Å². The number of hydrogen-bond donors (Lipinski definition) is 3. The molecule has 3 fully saturated rings. The quantitative estimate of drug-likeness (QED) is 0.692. The maximum absolute atomic E-state index is 12.2. The van der Waals surface area contributed by atoms with E-state index in [1.165, 1.54) is 18.9 Å². The van der Waals surface area contributed by atoms with Gasteiger partial charge in [-0.25, -0.2) is 4.79 Å². The first-order valence-corrected chi connectivity index (χ1v) is 10.4. The number of carbonyl (C=O) groups is 1. The minimum absolute atomic E-state index is 0.0160. The number of aromatic hydroxyl groups is 1. The maximum Gasteiger partial charge on any atom is 0.328 e. The Hall–Kier alpha value is -2.05. The van der Waals surface area contributed by atoms with Gasteiger partial charge in [0.2, 0.25) is 0 Å². The van der Waals surface area contributed by atoms with Crippen molar-refractivity contribution >= 4 is 5.97 Å². The van der Waals surface area contributed by atoms with Gasteiger partial charge < -0.3 is 20.1 Å². The lowest BCUT2D eigenvalue weighted by Gasteiger charge is -2.63. The fourth-order valence-corrected chi connectivity index (χ4v) is 6.64. The number of likely N-dealkylation sites (tertiary alicyclic amines) is 1. The van der Waals surface area contributed by atoms with Gasteiger partial charge in [0.1, 0.15) is 6.10 Å². The van der Waals surface area contributed by atoms with Crippen LogP contribution >= 0.6 is 0 Å². The van der Waals surface area contributed by atoms with Crippen LogP contribution in [0.4, 0.5) is 0 Å². The van der Waals surface area contributed by atoms with Gasteiger partial charge in [0, 0.05) is 24.2 Å². The summed E-state index contributed by atoms with van der Waals surface area (Å²) in [4.78, 5) is 13.9. The Kier molecular flexibility index (Phi) is 3.19. The molecule has 4 atom stereocenters. The van der Waals surface area contributed by atoms with Crippen molar-refractivity contribution < 1.29 is 24.9 Å². The predicted molar refractivity (Wildman–Crippen MR) is 101 cm³/mol. The van der Waals surface area contributed by atoms with Gasteiger partial charge in [0.15, 0.2) is 11.5 Å². The molecule has 2 saturated carbocycles. The van der Waals surface area contributed by atoms with Crippen LogP contribution in [0.25, 0.3) is 0 Å². The molecular weight excluding hydrogens is 358 g/mol. The molecule has 1 saturated heterocycles. The van der Waals surface area contributed by atoms with Gasteiger partial charge in [-0.3, -0.25) is 4.90 Å². The first-order valence-electron chi connectivity index (χ1n) is 10.4. The van der Waals surface area contributed by atoms with Crippen molar-refractivity contribution in [2.24, 2.45) is 5.92 Å². The number of aliphatic carboxylic acids is 1. The number of aliphatic hydroxyl groups is 1. The first-order chi connectivity index (χ1) is 13.4. The molecular formula is C22H25NO5. The van der Waals surface area contributed by atoms with E-state index in [2.05, 4.69) is 4.90 Å². The Labute approximate surface area is 163 Å². The molecule has 6 rings (SSSR count). The van der Waals surface area contributed by atoms with Crippen LogP contribution in [0.1, 0.15) is 43.2 Å². The third kappa shape index (κ3) is 1.93. The molecule has 2 heterocycles. The first kappa shape index (κ1) is 16.9. The van der Waals surface area contributed by atoms with Crippen molar-refractivity contribution in [3.63, 3.8) is 0 Å². The highest BCUT2D eigenvalue weighted by molar-refractivity contribution is 5.81. The number of rotatable bonds is 3. The maximum atomic E-state index is 12.2. The van der Waals surface area contributed by atoms with E-state index >= 15 is 0 Å². The van der Waals surface area contributed by atoms with Gasteiger partial charge in [0.25, 0.3) is 0 Å². The average molecular weight is 383 g/mol. The van der Waals surface area contributed by atoms with Crippen molar-refractivity contribution in [2.45, 2.75) is 61.7 Å². The lowest BCUT2D eigenvalue weighted by atomic mass is 9.48. The highest BCUT2D eigenvalue weighted by Crippen LogP contribution is 2.66. The molecule has 0 radical (unpaired) electrons. The number of carboxylic acid groups (broad SMARTS) is 1. The minimum atomic E-state index is -0.987. The van der Waals surface area contributed by atoms with Crippen LogP contribution in [0.3, 0.4) is 0 Å². The van der Waals surface area contributed by atoms with E-state index in [0.29, 0.717) is 18.6 Å². The second-order valence-corrected chi connectivity index (χ2v) is 9.31. The third-order valence-electron chi connectivity index (χ3n) is 7.95. The normalized spacial score (nSPS) is 39.5. The van der Waals surface area contributed by atoms with Crippen molar-refractivity contribution in [1.29, 1.82) is 0 Å². The van der Waals surface area contributed by atoms with Crippen LogP contribution in [0.15, 0.2) is 23.8 Å². The summed E-state index contributed by atoms with van der Waals surface area (Å²) in [6.45, 7) is 1.91. The topological polar surface area (TPSA) is 90.2 Å². The molecule has 28 heavy (non-hydrogen) atoms. The van der Waals surface area contributed by atoms with Gasteiger partial charge in [-0.1, -0.05) is 6.07 Å². The van der Waals surface area contributed by atoms with E-state index in [4.69, 9.17) is 4.74 Å². The second-order valence-electron chi connectivity index (χ2n) is 9.31. The van der Waals surface area contributed by atoms with Gasteiger partial charge in [-0.05, 0) is 68.2 Å². The van der Waals surface area contributed by atoms with E-state index in [1.807, 2.05) is 6.07 Å². The SMILES string of the molecule is O=C(O)/C=C1/CC[C@@]2(O)[C@H]3Cc4ccc(O)c5c4[C@@]2(CCN3CC2CC2)[C@H]1O5. The highest BCUT2D eigenvalue weighted by atomic mass is 16.5. The number of benzene rings is 1. The fourth-order valence-electron chi connectivity index (χ4n) is 6.64. The van der Waals surface area contributed by atoms with Crippen LogP contribution in [0.5, 0.6) is 11.5 Å². The zero-order valence-corrected chi connectivity index (χ0v) is 15.7. The van der Waals surface area contributed by atoms with Gasteiger partial charge in [0.05, 0.1) is 11.0 Å². The summed E-state index contributed by atoms with van der Waals surface area (Å²) in [6, 6.07) is 3.65. The van der Waals surface area contributed by atoms with Crippen molar-refractivity contribution in [1.82, 2.24) is 4.90 Å². The lowest BCUT2D eigenvalue weighted by molar-refractivity contribution is -0.174. The van der Waals surface area contributed by atoms with Crippen molar-refractivity contribution in [3.05, 3.63) is 34.9 Å². The van der Waals surface area contributed by atoms with E-state index in [-0.39, 0.29) is 11.8 Å². The Bertz CT molecular complexity index is 922. The van der Waals surface area contributed by atoms with Crippen LogP contribution in [-0.2, 0) is 16.6 Å². The zero-order valence-electron chi connectivity index (χ0n) is 15.7. The average Bonchev–Trinajstić information content (AvgIpc) is 3.38. The van der Waals surface area contributed by atoms with Gasteiger partial charge >= 0.3 is 5.97 Å². The van der Waals surface area contributed by atoms with E-state index in [9.17, 15) is 20.1 Å². The number of carboxylic acids is 1. The molecule has 0 aromatic heterocycles. The van der Waals surface area contributed by atoms with Gasteiger partial charge in [-0.15, -0.1) is 0 Å². The summed E-state index contributed by atoms with van der Waals surface area (Å²) < 4.78 is 6.26. The minimum Gasteiger partial charge on any atom is -0.504 e. The van der Waals surface area contributed by atoms with Crippen molar-refractivity contribution in [3.8, 4) is 11.5 Å². The van der Waals surface area contributed by atoms with Crippen LogP contribution in [0.2, 0.25) is 0 Å². The second kappa shape index (κ2) is 5.30. The number of piperidine rings is 1. The van der Waals surface area contributed by atoms with E-state index < -0.39 is 23.1 Å². The summed E-state index contributed by atoms with van der Waals surface area (Å²) in [5.41, 5.74) is 1.14. The molecule has 0 amide bonds. The monoisotopic (exact) mass is 383 g/mol. The fraction of sp³-hybridized carbons (Fsp3) is 0.591. The summed E-state index contributed by atoms with van der Waals surface area (Å²) in [6.07, 6.45) is 5.80. The molecule has 1 spiro atoms. The molecule has 2 bridgehead atoms. The number of hydrogen-bond acceptors (Lipinski definition) is 5. The Balaban J connectivity index is 1.56. The Morgan fingerprint density at radius 3 is 2.89 bits per heavy atom. The Morgan fingerprint density at radius 1 is 1.32 bits per heavy atom. The van der Waals surface area contributed by atoms with E-state index in [0.717, 1.165) is 48.5 Å². The standard InChI is InChI=1S/C22H25NO5/c24-15-4-3-13-9-16-22(27)6-5-14(10-17(25)26)20-21(22,18(13)19(15)28-20)7-8-23(16)11-12-1-2-12/h3-4,10,12,16,20,24,27H,1-2,5-9,11H2,(H,25,26)/b14-10-/t16-,20+,21+,22-/m1/s1.